The largest absolute Gasteiger partial charge is 0.252 e. The van der Waals surface area contributed by atoms with Crippen molar-refractivity contribution < 1.29 is 4.21 Å². The molecular weight excluding hydrogens is 332 g/mol. The lowest BCUT2D eigenvalue weighted by Crippen LogP contribution is -1.96. The van der Waals surface area contributed by atoms with Crippen LogP contribution in [0.4, 0.5) is 0 Å². The minimum atomic E-state index is -0.981. The van der Waals surface area contributed by atoms with Crippen molar-refractivity contribution in [3.8, 4) is 0 Å². The van der Waals surface area contributed by atoms with Crippen molar-refractivity contribution in [1.29, 1.82) is 0 Å². The van der Waals surface area contributed by atoms with Gasteiger partial charge in [-0.1, -0.05) is 20.3 Å². The van der Waals surface area contributed by atoms with Crippen molar-refractivity contribution in [2.45, 2.75) is 37.4 Å². The van der Waals surface area contributed by atoms with E-state index in [4.69, 9.17) is 0 Å². The predicted molar refractivity (Wildman–Crippen MR) is 80.7 cm³/mol. The number of aromatic nitrogens is 2. The van der Waals surface area contributed by atoms with Gasteiger partial charge >= 0.3 is 0 Å². The Balaban J connectivity index is 2.41. The van der Waals surface area contributed by atoms with Gasteiger partial charge in [0, 0.05) is 16.4 Å². The summed E-state index contributed by atoms with van der Waals surface area (Å²) in [5, 5.41) is 0. The van der Waals surface area contributed by atoms with Gasteiger partial charge in [-0.3, -0.25) is 4.21 Å². The highest BCUT2D eigenvalue weighted by atomic mass is 79.9. The summed E-state index contributed by atoms with van der Waals surface area (Å²) < 4.78 is 14.9. The van der Waals surface area contributed by atoms with E-state index < -0.39 is 10.8 Å². The summed E-state index contributed by atoms with van der Waals surface area (Å²) in [7, 11) is -0.981. The Labute approximate surface area is 122 Å². The van der Waals surface area contributed by atoms with E-state index in [1.54, 1.807) is 6.20 Å². The maximum absolute atomic E-state index is 12.1. The fourth-order valence-corrected chi connectivity index (χ4v) is 5.04. The number of hydrogen-bond donors (Lipinski definition) is 0. The second-order valence-corrected chi connectivity index (χ2v) is 7.57. The molecule has 2 rings (SSSR count). The molecule has 3 nitrogen and oxygen atoms in total. The summed E-state index contributed by atoms with van der Waals surface area (Å²) in [6, 6.07) is 0. The quantitative estimate of drug-likeness (QED) is 0.823. The Morgan fingerprint density at radius 3 is 2.89 bits per heavy atom. The Morgan fingerprint density at radius 1 is 1.44 bits per heavy atom. The lowest BCUT2D eigenvalue weighted by Gasteiger charge is -1.99. The van der Waals surface area contributed by atoms with Crippen LogP contribution in [0, 0.1) is 0 Å². The van der Waals surface area contributed by atoms with Crippen LogP contribution in [0.2, 0.25) is 0 Å². The molecule has 6 heteroatoms. The van der Waals surface area contributed by atoms with Crippen LogP contribution >= 0.6 is 27.3 Å². The fourth-order valence-electron chi connectivity index (χ4n) is 1.67. The van der Waals surface area contributed by atoms with Gasteiger partial charge in [-0.05, 0) is 34.3 Å². The van der Waals surface area contributed by atoms with Gasteiger partial charge in [0.25, 0.3) is 0 Å². The fraction of sp³-hybridized carbons (Fsp3) is 0.500. The lowest BCUT2D eigenvalue weighted by atomic mass is 10.2. The number of aryl methyl sites for hydroxylation is 1. The van der Waals surface area contributed by atoms with Gasteiger partial charge in [-0.25, -0.2) is 9.97 Å². The van der Waals surface area contributed by atoms with Gasteiger partial charge in [0.15, 0.2) is 9.99 Å². The topological polar surface area (TPSA) is 42.9 Å². The smallest absolute Gasteiger partial charge is 0.183 e. The van der Waals surface area contributed by atoms with Crippen LogP contribution in [0.3, 0.4) is 0 Å². The summed E-state index contributed by atoms with van der Waals surface area (Å²) in [6.45, 7) is 4.20. The SMILES string of the molecule is CCCC[S@@](=O)c1nc2ncc(Br)c(CC)c2s1. The zero-order chi connectivity index (χ0) is 13.1. The number of nitrogens with zero attached hydrogens (tertiary/aromatic N) is 2. The predicted octanol–water partition coefficient (Wildman–Crippen LogP) is 3.92. The molecule has 0 bridgehead atoms. The molecule has 2 aromatic heterocycles. The van der Waals surface area contributed by atoms with Gasteiger partial charge in [0.2, 0.25) is 0 Å². The number of halogens is 1. The van der Waals surface area contributed by atoms with E-state index in [-0.39, 0.29) is 0 Å². The summed E-state index contributed by atoms with van der Waals surface area (Å²) >= 11 is 5.02. The molecule has 0 aliphatic heterocycles. The molecule has 18 heavy (non-hydrogen) atoms. The molecule has 0 saturated heterocycles. The molecular formula is C12H15BrN2OS2. The highest BCUT2D eigenvalue weighted by molar-refractivity contribution is 9.10. The molecule has 2 aromatic rings. The summed E-state index contributed by atoms with van der Waals surface area (Å²) in [5.41, 5.74) is 1.93. The maximum atomic E-state index is 12.1. The van der Waals surface area contributed by atoms with E-state index in [1.165, 1.54) is 16.9 Å². The minimum Gasteiger partial charge on any atom is -0.252 e. The molecule has 0 aromatic carbocycles. The molecule has 98 valence electrons. The molecule has 0 saturated carbocycles. The van der Waals surface area contributed by atoms with E-state index in [1.807, 2.05) is 0 Å². The molecule has 0 aliphatic carbocycles. The summed E-state index contributed by atoms with van der Waals surface area (Å²) in [5.74, 6) is 0.693. The first-order valence-corrected chi connectivity index (χ1v) is 8.92. The Morgan fingerprint density at radius 2 is 2.22 bits per heavy atom. The average molecular weight is 347 g/mol. The standard InChI is InChI=1S/C12H15BrN2OS2/c1-3-5-6-18(16)12-15-11-10(17-12)8(4-2)9(13)7-14-11/h7H,3-6H2,1-2H3/t18-/m1/s1. The zero-order valence-electron chi connectivity index (χ0n) is 10.4. The van der Waals surface area contributed by atoms with Crippen molar-refractivity contribution >= 4 is 48.4 Å². The second-order valence-electron chi connectivity index (χ2n) is 3.97. The molecule has 0 unspecified atom stereocenters. The van der Waals surface area contributed by atoms with E-state index in [9.17, 15) is 4.21 Å². The first kappa shape index (κ1) is 14.1. The minimum absolute atomic E-state index is 0.693. The van der Waals surface area contributed by atoms with E-state index in [2.05, 4.69) is 39.7 Å². The first-order chi connectivity index (χ1) is 8.67. The van der Waals surface area contributed by atoms with Crippen LogP contribution in [-0.2, 0) is 17.2 Å². The van der Waals surface area contributed by atoms with Crippen molar-refractivity contribution in [3.05, 3.63) is 16.2 Å². The molecule has 0 radical (unpaired) electrons. The third-order valence-electron chi connectivity index (χ3n) is 2.68. The second kappa shape index (κ2) is 6.21. The van der Waals surface area contributed by atoms with Crippen LogP contribution in [0.15, 0.2) is 15.0 Å². The molecule has 0 fully saturated rings. The summed E-state index contributed by atoms with van der Waals surface area (Å²) in [4.78, 5) is 8.69. The van der Waals surface area contributed by atoms with Gasteiger partial charge in [-0.2, -0.15) is 0 Å². The van der Waals surface area contributed by atoms with Crippen molar-refractivity contribution in [1.82, 2.24) is 9.97 Å². The number of thiazole rings is 1. The Hall–Kier alpha value is -0.330. The monoisotopic (exact) mass is 346 g/mol. The van der Waals surface area contributed by atoms with E-state index >= 15 is 0 Å². The maximum Gasteiger partial charge on any atom is 0.183 e. The number of hydrogen-bond acceptors (Lipinski definition) is 4. The first-order valence-electron chi connectivity index (χ1n) is 5.99. The Kier molecular flexibility index (Phi) is 4.86. The third kappa shape index (κ3) is 2.81. The van der Waals surface area contributed by atoms with E-state index in [0.717, 1.165) is 34.1 Å². The van der Waals surface area contributed by atoms with Crippen molar-refractivity contribution in [3.63, 3.8) is 0 Å². The van der Waals surface area contributed by atoms with Gasteiger partial charge in [0.05, 0.1) is 15.5 Å². The molecule has 0 N–H and O–H groups in total. The highest BCUT2D eigenvalue weighted by Crippen LogP contribution is 2.31. The molecule has 0 aliphatic rings. The number of rotatable bonds is 5. The normalized spacial score (nSPS) is 13.1. The molecule has 0 spiro atoms. The highest BCUT2D eigenvalue weighted by Gasteiger charge is 2.14. The number of fused-ring (bicyclic) bond motifs is 1. The molecule has 1 atom stereocenters. The van der Waals surface area contributed by atoms with E-state index in [0.29, 0.717) is 10.1 Å². The van der Waals surface area contributed by atoms with Gasteiger partial charge in [0.1, 0.15) is 0 Å². The number of unbranched alkanes of at least 4 members (excludes halogenated alkanes) is 1. The lowest BCUT2D eigenvalue weighted by molar-refractivity contribution is 0.679. The third-order valence-corrected chi connectivity index (χ3v) is 6.21. The number of pyridine rings is 1. The summed E-state index contributed by atoms with van der Waals surface area (Å²) in [6.07, 6.45) is 4.73. The van der Waals surface area contributed by atoms with Crippen LogP contribution in [-0.4, -0.2) is 19.9 Å². The van der Waals surface area contributed by atoms with Gasteiger partial charge < -0.3 is 0 Å². The van der Waals surface area contributed by atoms with Crippen LogP contribution in [0.25, 0.3) is 10.3 Å². The van der Waals surface area contributed by atoms with Crippen LogP contribution in [0.5, 0.6) is 0 Å². The van der Waals surface area contributed by atoms with Gasteiger partial charge in [-0.15, -0.1) is 11.3 Å². The van der Waals surface area contributed by atoms with Crippen molar-refractivity contribution in [2.75, 3.05) is 5.75 Å². The van der Waals surface area contributed by atoms with Crippen LogP contribution in [0.1, 0.15) is 32.3 Å². The van der Waals surface area contributed by atoms with Crippen LogP contribution < -0.4 is 0 Å². The Bertz CT molecular complexity index is 583. The molecule has 0 amide bonds. The molecule has 2 heterocycles. The average Bonchev–Trinajstić information content (AvgIpc) is 2.79. The van der Waals surface area contributed by atoms with Crippen molar-refractivity contribution in [2.24, 2.45) is 0 Å². The zero-order valence-corrected chi connectivity index (χ0v) is 13.6.